The van der Waals surface area contributed by atoms with Gasteiger partial charge in [-0.15, -0.1) is 0 Å². The van der Waals surface area contributed by atoms with E-state index >= 15 is 0 Å². The fourth-order valence-electron chi connectivity index (χ4n) is 0.774. The van der Waals surface area contributed by atoms with E-state index in [1.165, 1.54) is 0 Å². The predicted molar refractivity (Wildman–Crippen MR) is 67.2 cm³/mol. The lowest BCUT2D eigenvalue weighted by Crippen LogP contribution is -2.35. The van der Waals surface area contributed by atoms with Crippen molar-refractivity contribution in [3.8, 4) is 12.0 Å². The number of guanidine groups is 1. The summed E-state index contributed by atoms with van der Waals surface area (Å²) in [6, 6.07) is 2.53. The number of rotatable bonds is 0. The lowest BCUT2D eigenvalue weighted by molar-refractivity contribution is 0.484. The second kappa shape index (κ2) is 6.84. The van der Waals surface area contributed by atoms with E-state index in [2.05, 4.69) is 17.0 Å². The lowest BCUT2D eigenvalue weighted by atomic mass is 10.6. The summed E-state index contributed by atoms with van der Waals surface area (Å²) >= 11 is 16.4. The Morgan fingerprint density at radius 1 is 1.00 bits per heavy atom. The summed E-state index contributed by atoms with van der Waals surface area (Å²) < 4.78 is -0.0596. The Labute approximate surface area is 105 Å². The van der Waals surface area contributed by atoms with Gasteiger partial charge in [0.25, 0.3) is 0 Å². The largest absolute Gasteiger partial charge is 0.348 e. The van der Waals surface area contributed by atoms with Crippen molar-refractivity contribution in [2.45, 2.75) is 0 Å². The molecule has 0 bridgehead atoms. The molecule has 0 aliphatic rings. The summed E-state index contributed by atoms with van der Waals surface area (Å²) in [5.74, 6) is 3.22. The van der Waals surface area contributed by atoms with Gasteiger partial charge in [-0.05, 0) is 5.92 Å². The molecule has 0 radical (unpaired) electrons. The maximum absolute atomic E-state index is 5.60. The Kier molecular flexibility index (Phi) is 6.58. The van der Waals surface area contributed by atoms with Crippen LogP contribution in [0.25, 0.3) is 0 Å². The Balaban J connectivity index is 4.82. The summed E-state index contributed by atoms with van der Waals surface area (Å²) in [6.45, 7) is 0. The molecule has 0 fully saturated rings. The molecule has 0 amide bonds. The third-order valence-electron chi connectivity index (χ3n) is 1.29. The van der Waals surface area contributed by atoms with Crippen molar-refractivity contribution >= 4 is 40.8 Å². The van der Waals surface area contributed by atoms with Gasteiger partial charge >= 0.3 is 0 Å². The second-order valence-corrected chi connectivity index (χ2v) is 4.34. The fraction of sp³-hybridized carbons (Fsp3) is 0.444. The van der Waals surface area contributed by atoms with Gasteiger partial charge in [0, 0.05) is 34.2 Å². The summed E-state index contributed by atoms with van der Waals surface area (Å²) in [5, 5.41) is 0.0824. The molecule has 0 heterocycles. The Bertz CT molecular complexity index is 320. The van der Waals surface area contributed by atoms with Crippen LogP contribution in [0.15, 0.2) is 14.5 Å². The van der Waals surface area contributed by atoms with Gasteiger partial charge in [-0.25, -0.2) is 0 Å². The van der Waals surface area contributed by atoms with E-state index in [1.807, 2.05) is 38.0 Å². The minimum absolute atomic E-state index is 0.0596. The molecule has 0 aromatic heterocycles. The van der Waals surface area contributed by atoms with E-state index in [9.17, 15) is 0 Å². The van der Waals surface area contributed by atoms with E-state index in [-0.39, 0.29) is 9.52 Å². The second-order valence-electron chi connectivity index (χ2n) is 3.01. The molecule has 84 valence electrons. The van der Waals surface area contributed by atoms with Gasteiger partial charge in [0.2, 0.25) is 5.96 Å². The van der Waals surface area contributed by atoms with Crippen molar-refractivity contribution in [2.24, 2.45) is 4.99 Å². The van der Waals surface area contributed by atoms with Gasteiger partial charge in [0.1, 0.15) is 9.52 Å². The number of halogens is 3. The van der Waals surface area contributed by atoms with E-state index in [1.54, 1.807) is 0 Å². The molecular formula is C9H12Cl3N3. The number of aliphatic imine (C=N–C) groups is 1. The van der Waals surface area contributed by atoms with Crippen LogP contribution in [0.5, 0.6) is 0 Å². The molecule has 0 saturated heterocycles. The number of hydrogen-bond acceptors (Lipinski definition) is 1. The average Bonchev–Trinajstić information content (AvgIpc) is 2.10. The smallest absolute Gasteiger partial charge is 0.209 e. The summed E-state index contributed by atoms with van der Waals surface area (Å²) in [6.07, 6.45) is 0. The average molecular weight is 269 g/mol. The van der Waals surface area contributed by atoms with E-state index in [0.717, 1.165) is 0 Å². The minimum atomic E-state index is -0.0596. The first kappa shape index (κ1) is 14.4. The van der Waals surface area contributed by atoms with Crippen LogP contribution in [-0.2, 0) is 0 Å². The van der Waals surface area contributed by atoms with E-state index < -0.39 is 0 Å². The first-order valence-corrected chi connectivity index (χ1v) is 5.13. The molecular weight excluding hydrogens is 256 g/mol. The topological polar surface area (TPSA) is 18.8 Å². The lowest BCUT2D eigenvalue weighted by Gasteiger charge is -2.21. The van der Waals surface area contributed by atoms with E-state index in [0.29, 0.717) is 5.96 Å². The Hall–Kier alpha value is -0.560. The number of allylic oxidation sites excluding steroid dienone is 1. The normalized spacial score (nSPS) is 8.47. The van der Waals surface area contributed by atoms with Crippen LogP contribution in [0.3, 0.4) is 0 Å². The van der Waals surface area contributed by atoms with Crippen LogP contribution >= 0.6 is 34.8 Å². The molecule has 0 aliphatic carbocycles. The molecule has 0 aliphatic heterocycles. The van der Waals surface area contributed by atoms with Crippen LogP contribution < -0.4 is 0 Å². The SMILES string of the molecule is CN(C)C(=NC#CC(Cl)=C(Cl)Cl)N(C)C. The predicted octanol–water partition coefficient (Wildman–Crippen LogP) is 2.31. The van der Waals surface area contributed by atoms with Gasteiger partial charge in [-0.2, -0.15) is 4.99 Å². The van der Waals surface area contributed by atoms with Gasteiger partial charge in [-0.1, -0.05) is 34.8 Å². The van der Waals surface area contributed by atoms with Crippen molar-refractivity contribution in [1.82, 2.24) is 9.80 Å². The van der Waals surface area contributed by atoms with Crippen LogP contribution in [0.1, 0.15) is 0 Å². The molecule has 0 unspecified atom stereocenters. The van der Waals surface area contributed by atoms with Gasteiger partial charge in [-0.3, -0.25) is 0 Å². The summed E-state index contributed by atoms with van der Waals surface area (Å²) in [7, 11) is 7.47. The maximum atomic E-state index is 5.60. The van der Waals surface area contributed by atoms with Gasteiger partial charge < -0.3 is 9.80 Å². The molecule has 6 heteroatoms. The highest BCUT2D eigenvalue weighted by Gasteiger charge is 2.02. The molecule has 3 nitrogen and oxygen atoms in total. The van der Waals surface area contributed by atoms with Crippen LogP contribution in [0, 0.1) is 12.0 Å². The monoisotopic (exact) mass is 267 g/mol. The molecule has 15 heavy (non-hydrogen) atoms. The zero-order valence-corrected chi connectivity index (χ0v) is 11.2. The maximum Gasteiger partial charge on any atom is 0.209 e. The highest BCUT2D eigenvalue weighted by molar-refractivity contribution is 6.59. The summed E-state index contributed by atoms with van der Waals surface area (Å²) in [5.41, 5.74) is 0. The zero-order chi connectivity index (χ0) is 12.0. The third-order valence-corrected chi connectivity index (χ3v) is 2.14. The molecule has 0 spiro atoms. The highest BCUT2D eigenvalue weighted by atomic mass is 35.5. The van der Waals surface area contributed by atoms with Crippen molar-refractivity contribution in [1.29, 1.82) is 0 Å². The highest BCUT2D eigenvalue weighted by Crippen LogP contribution is 2.16. The van der Waals surface area contributed by atoms with Crippen LogP contribution in [-0.4, -0.2) is 44.0 Å². The van der Waals surface area contributed by atoms with Crippen LogP contribution in [0.4, 0.5) is 0 Å². The van der Waals surface area contributed by atoms with Crippen molar-refractivity contribution in [3.63, 3.8) is 0 Å². The number of hydrogen-bond donors (Lipinski definition) is 0. The molecule has 0 N–H and O–H groups in total. The van der Waals surface area contributed by atoms with Gasteiger partial charge in [0.15, 0.2) is 0 Å². The quantitative estimate of drug-likeness (QED) is 0.381. The Morgan fingerprint density at radius 3 is 1.80 bits per heavy atom. The Morgan fingerprint density at radius 2 is 1.47 bits per heavy atom. The third kappa shape index (κ3) is 5.78. The molecule has 0 atom stereocenters. The first-order chi connectivity index (χ1) is 6.86. The molecule has 0 saturated carbocycles. The molecule has 0 rings (SSSR count). The zero-order valence-electron chi connectivity index (χ0n) is 8.98. The standard InChI is InChI=1S/C9H12Cl3N3/c1-14(2)9(15(3)4)13-6-5-7(10)8(11)12/h1-4H3. The van der Waals surface area contributed by atoms with E-state index in [4.69, 9.17) is 34.8 Å². The summed E-state index contributed by atoms with van der Waals surface area (Å²) in [4.78, 5) is 7.67. The van der Waals surface area contributed by atoms with Gasteiger partial charge in [0.05, 0.1) is 0 Å². The minimum Gasteiger partial charge on any atom is -0.348 e. The van der Waals surface area contributed by atoms with Crippen LogP contribution in [0.2, 0.25) is 0 Å². The first-order valence-electron chi connectivity index (χ1n) is 4.00. The fourth-order valence-corrected chi connectivity index (χ4v) is 0.911. The molecule has 0 aromatic rings. The molecule has 0 aromatic carbocycles. The number of nitrogens with zero attached hydrogens (tertiary/aromatic N) is 3. The van der Waals surface area contributed by atoms with Crippen molar-refractivity contribution in [2.75, 3.05) is 28.2 Å². The van der Waals surface area contributed by atoms with Crippen molar-refractivity contribution in [3.05, 3.63) is 9.52 Å². The van der Waals surface area contributed by atoms with Crippen molar-refractivity contribution < 1.29 is 0 Å².